The summed E-state index contributed by atoms with van der Waals surface area (Å²) < 4.78 is 3.64. The molecule has 0 unspecified atom stereocenters. The Balaban J connectivity index is 2.14. The first-order valence-electron chi connectivity index (χ1n) is 7.55. The maximum Gasteiger partial charge on any atom is 0.329 e. The summed E-state index contributed by atoms with van der Waals surface area (Å²) in [5.41, 5.74) is 1.99. The van der Waals surface area contributed by atoms with E-state index in [1.54, 1.807) is 0 Å². The predicted molar refractivity (Wildman–Crippen MR) is 82.6 cm³/mol. The van der Waals surface area contributed by atoms with Crippen LogP contribution in [0, 0.1) is 0 Å². The highest BCUT2D eigenvalue weighted by atomic mass is 16.4. The van der Waals surface area contributed by atoms with Crippen LogP contribution in [0.1, 0.15) is 39.0 Å². The molecule has 1 N–H and O–H groups in total. The van der Waals surface area contributed by atoms with Gasteiger partial charge in [0.15, 0.2) is 0 Å². The molecule has 0 aliphatic heterocycles. The van der Waals surface area contributed by atoms with Crippen molar-refractivity contribution < 1.29 is 9.90 Å². The number of aliphatic carboxylic acids is 1. The molecule has 1 aromatic carbocycles. The number of carboxylic acid groups (broad SMARTS) is 1. The van der Waals surface area contributed by atoms with E-state index in [1.807, 2.05) is 33.4 Å². The number of carbonyl (C=O) groups is 1. The zero-order valence-electron chi connectivity index (χ0n) is 12.4. The highest BCUT2D eigenvalue weighted by molar-refractivity contribution is 5.75. The van der Waals surface area contributed by atoms with E-state index in [9.17, 15) is 9.59 Å². The maximum absolute atomic E-state index is 12.5. The Morgan fingerprint density at radius 1 is 1.05 bits per heavy atom. The lowest BCUT2D eigenvalue weighted by molar-refractivity contribution is -0.137. The molecule has 2 rings (SSSR count). The van der Waals surface area contributed by atoms with Gasteiger partial charge in [0, 0.05) is 19.5 Å². The lowest BCUT2D eigenvalue weighted by Crippen LogP contribution is -2.24. The van der Waals surface area contributed by atoms with Crippen LogP contribution in [0.5, 0.6) is 0 Å². The molecule has 0 bridgehead atoms. The molecule has 5 nitrogen and oxygen atoms in total. The third-order valence-corrected chi connectivity index (χ3v) is 3.64. The molecule has 114 valence electrons. The van der Waals surface area contributed by atoms with Gasteiger partial charge in [-0.25, -0.2) is 4.79 Å². The van der Waals surface area contributed by atoms with Crippen LogP contribution in [0.15, 0.2) is 29.1 Å². The van der Waals surface area contributed by atoms with Gasteiger partial charge in [-0.1, -0.05) is 25.5 Å². The first kappa shape index (κ1) is 15.4. The van der Waals surface area contributed by atoms with E-state index in [0.29, 0.717) is 13.0 Å². The fraction of sp³-hybridized carbons (Fsp3) is 0.500. The highest BCUT2D eigenvalue weighted by Gasteiger charge is 2.11. The quantitative estimate of drug-likeness (QED) is 0.760. The third-order valence-electron chi connectivity index (χ3n) is 3.64. The number of carboxylic acids is 1. The van der Waals surface area contributed by atoms with Crippen molar-refractivity contribution in [2.75, 3.05) is 0 Å². The fourth-order valence-electron chi connectivity index (χ4n) is 2.65. The Labute approximate surface area is 123 Å². The van der Waals surface area contributed by atoms with Crippen LogP contribution in [-0.4, -0.2) is 20.2 Å². The van der Waals surface area contributed by atoms with Crippen molar-refractivity contribution in [2.24, 2.45) is 0 Å². The van der Waals surface area contributed by atoms with Gasteiger partial charge in [-0.05, 0) is 31.4 Å². The van der Waals surface area contributed by atoms with Crippen LogP contribution in [0.4, 0.5) is 0 Å². The summed E-state index contributed by atoms with van der Waals surface area (Å²) in [6, 6.07) is 7.84. The summed E-state index contributed by atoms with van der Waals surface area (Å²) in [6.07, 6.45) is 3.44. The molecule has 0 saturated carbocycles. The van der Waals surface area contributed by atoms with E-state index in [0.717, 1.165) is 36.8 Å². The van der Waals surface area contributed by atoms with Crippen molar-refractivity contribution in [1.82, 2.24) is 9.13 Å². The van der Waals surface area contributed by atoms with Crippen molar-refractivity contribution in [1.29, 1.82) is 0 Å². The van der Waals surface area contributed by atoms with Crippen LogP contribution >= 0.6 is 0 Å². The predicted octanol–water partition coefficient (Wildman–Crippen LogP) is 2.86. The lowest BCUT2D eigenvalue weighted by atomic mass is 10.2. The van der Waals surface area contributed by atoms with Gasteiger partial charge in [0.1, 0.15) is 0 Å². The molecule has 0 aliphatic carbocycles. The van der Waals surface area contributed by atoms with Crippen molar-refractivity contribution in [3.05, 3.63) is 34.7 Å². The number of fused-ring (bicyclic) bond motifs is 1. The SMILES string of the molecule is CCCn1c(=O)n(CCCCCC(=O)O)c2ccccc21. The number of aromatic nitrogens is 2. The van der Waals surface area contributed by atoms with E-state index in [-0.39, 0.29) is 12.1 Å². The summed E-state index contributed by atoms with van der Waals surface area (Å²) in [5.74, 6) is -0.758. The zero-order chi connectivity index (χ0) is 15.2. The molecule has 0 amide bonds. The number of benzene rings is 1. The molecule has 21 heavy (non-hydrogen) atoms. The van der Waals surface area contributed by atoms with E-state index >= 15 is 0 Å². The molecule has 0 atom stereocenters. The Morgan fingerprint density at radius 2 is 1.67 bits per heavy atom. The van der Waals surface area contributed by atoms with E-state index in [4.69, 9.17) is 5.11 Å². The first-order valence-corrected chi connectivity index (χ1v) is 7.55. The summed E-state index contributed by atoms with van der Waals surface area (Å²) in [4.78, 5) is 23.0. The van der Waals surface area contributed by atoms with Gasteiger partial charge in [0.2, 0.25) is 0 Å². The second-order valence-corrected chi connectivity index (χ2v) is 5.28. The third kappa shape index (κ3) is 3.54. The molecule has 0 saturated heterocycles. The summed E-state index contributed by atoms with van der Waals surface area (Å²) in [6.45, 7) is 3.44. The Bertz CT molecular complexity index is 670. The van der Waals surface area contributed by atoms with Crippen LogP contribution in [0.3, 0.4) is 0 Å². The monoisotopic (exact) mass is 290 g/mol. The summed E-state index contributed by atoms with van der Waals surface area (Å²) in [7, 11) is 0. The molecular formula is C16H22N2O3. The fourth-order valence-corrected chi connectivity index (χ4v) is 2.65. The van der Waals surface area contributed by atoms with Crippen molar-refractivity contribution in [2.45, 2.75) is 52.1 Å². The lowest BCUT2D eigenvalue weighted by Gasteiger charge is -2.02. The smallest absolute Gasteiger partial charge is 0.329 e. The molecule has 0 fully saturated rings. The Morgan fingerprint density at radius 3 is 2.24 bits per heavy atom. The van der Waals surface area contributed by atoms with Gasteiger partial charge in [-0.15, -0.1) is 0 Å². The average Bonchev–Trinajstić information content (AvgIpc) is 2.72. The van der Waals surface area contributed by atoms with Crippen LogP contribution in [0.25, 0.3) is 11.0 Å². The zero-order valence-corrected chi connectivity index (χ0v) is 12.4. The van der Waals surface area contributed by atoms with E-state index < -0.39 is 5.97 Å². The van der Waals surface area contributed by atoms with Crippen LogP contribution < -0.4 is 5.69 Å². The number of imidazole rings is 1. The molecule has 5 heteroatoms. The van der Waals surface area contributed by atoms with Crippen molar-refractivity contribution in [3.63, 3.8) is 0 Å². The standard InChI is InChI=1S/C16H22N2O3/c1-2-11-17-13-8-5-6-9-14(13)18(16(17)21)12-7-3-4-10-15(19)20/h5-6,8-9H,2-4,7,10-12H2,1H3,(H,19,20). The molecule has 0 spiro atoms. The number of hydrogen-bond donors (Lipinski definition) is 1. The van der Waals surface area contributed by atoms with Crippen molar-refractivity contribution >= 4 is 17.0 Å². The normalized spacial score (nSPS) is 11.1. The number of unbranched alkanes of at least 4 members (excludes halogenated alkanes) is 2. The van der Waals surface area contributed by atoms with Crippen LogP contribution in [0.2, 0.25) is 0 Å². The molecule has 0 radical (unpaired) electrons. The summed E-state index contributed by atoms with van der Waals surface area (Å²) in [5, 5.41) is 8.62. The largest absolute Gasteiger partial charge is 0.481 e. The van der Waals surface area contributed by atoms with Gasteiger partial charge in [0.05, 0.1) is 11.0 Å². The van der Waals surface area contributed by atoms with E-state index in [1.165, 1.54) is 0 Å². The van der Waals surface area contributed by atoms with Gasteiger partial charge >= 0.3 is 11.7 Å². The summed E-state index contributed by atoms with van der Waals surface area (Å²) >= 11 is 0. The highest BCUT2D eigenvalue weighted by Crippen LogP contribution is 2.14. The molecule has 1 heterocycles. The second-order valence-electron chi connectivity index (χ2n) is 5.28. The number of hydrogen-bond acceptors (Lipinski definition) is 2. The minimum absolute atomic E-state index is 0.0382. The van der Waals surface area contributed by atoms with Gasteiger partial charge < -0.3 is 5.11 Å². The second kappa shape index (κ2) is 7.11. The van der Waals surface area contributed by atoms with Crippen molar-refractivity contribution in [3.8, 4) is 0 Å². The Kier molecular flexibility index (Phi) is 5.20. The van der Waals surface area contributed by atoms with Gasteiger partial charge in [0.25, 0.3) is 0 Å². The maximum atomic E-state index is 12.5. The van der Waals surface area contributed by atoms with E-state index in [2.05, 4.69) is 6.92 Å². The number of aryl methyl sites for hydroxylation is 2. The molecule has 2 aromatic rings. The molecular weight excluding hydrogens is 268 g/mol. The minimum atomic E-state index is -0.758. The topological polar surface area (TPSA) is 64.2 Å². The molecule has 1 aromatic heterocycles. The minimum Gasteiger partial charge on any atom is -0.481 e. The average molecular weight is 290 g/mol. The van der Waals surface area contributed by atoms with Crippen LogP contribution in [-0.2, 0) is 17.9 Å². The first-order chi connectivity index (χ1) is 10.1. The van der Waals surface area contributed by atoms with Gasteiger partial charge in [-0.2, -0.15) is 0 Å². The number of rotatable bonds is 8. The number of para-hydroxylation sites is 2. The molecule has 0 aliphatic rings. The number of nitrogens with zero attached hydrogens (tertiary/aromatic N) is 2. The van der Waals surface area contributed by atoms with Gasteiger partial charge in [-0.3, -0.25) is 13.9 Å². The Hall–Kier alpha value is -2.04.